The minimum Gasteiger partial charge on any atom is -0.354 e. The Bertz CT molecular complexity index is 550. The quantitative estimate of drug-likeness (QED) is 0.727. The van der Waals surface area contributed by atoms with E-state index in [9.17, 15) is 8.42 Å². The summed E-state index contributed by atoms with van der Waals surface area (Å²) in [7, 11) is 0.0539. The molecule has 1 aliphatic rings. The van der Waals surface area contributed by atoms with Gasteiger partial charge in [-0.25, -0.2) is 12.7 Å². The number of anilines is 1. The van der Waals surface area contributed by atoms with Crippen molar-refractivity contribution in [2.75, 3.05) is 44.4 Å². The molecule has 2 rings (SSSR count). The summed E-state index contributed by atoms with van der Waals surface area (Å²) in [6.07, 6.45) is 4.51. The summed E-state index contributed by atoms with van der Waals surface area (Å²) in [5, 5.41) is 11.5. The van der Waals surface area contributed by atoms with E-state index in [0.717, 1.165) is 31.7 Å². The van der Waals surface area contributed by atoms with E-state index in [1.807, 2.05) is 12.1 Å². The Hall–Kier alpha value is -1.25. The van der Waals surface area contributed by atoms with Crippen molar-refractivity contribution in [2.45, 2.75) is 25.3 Å². The fourth-order valence-electron chi connectivity index (χ4n) is 2.56. The number of piperidine rings is 1. The van der Waals surface area contributed by atoms with Gasteiger partial charge < -0.3 is 10.2 Å². The molecule has 1 aliphatic heterocycles. The number of nitrogens with zero attached hydrogens (tertiary/aromatic N) is 4. The summed E-state index contributed by atoms with van der Waals surface area (Å²) < 4.78 is 24.7. The first kappa shape index (κ1) is 17.1. The molecule has 22 heavy (non-hydrogen) atoms. The van der Waals surface area contributed by atoms with Gasteiger partial charge in [-0.3, -0.25) is 0 Å². The van der Waals surface area contributed by atoms with Crippen LogP contribution in [0.5, 0.6) is 0 Å². The van der Waals surface area contributed by atoms with Crippen LogP contribution in [0, 0.1) is 0 Å². The second-order valence-corrected chi connectivity index (χ2v) is 8.08. The largest absolute Gasteiger partial charge is 0.354 e. The third-order valence-corrected chi connectivity index (χ3v) is 5.79. The monoisotopic (exact) mass is 327 g/mol. The van der Waals surface area contributed by atoms with Crippen molar-refractivity contribution in [3.8, 4) is 0 Å². The summed E-state index contributed by atoms with van der Waals surface area (Å²) >= 11 is 0. The number of aromatic nitrogens is 2. The van der Waals surface area contributed by atoms with Gasteiger partial charge >= 0.3 is 0 Å². The SMILES string of the molecule is CN(C)S(=O)(=O)CCCNC1CCCN(c2cccnn2)C1. The van der Waals surface area contributed by atoms with Gasteiger partial charge in [-0.15, -0.1) is 5.10 Å². The average Bonchev–Trinajstić information content (AvgIpc) is 2.53. The number of hydrogen-bond acceptors (Lipinski definition) is 6. The molecule has 0 aromatic carbocycles. The highest BCUT2D eigenvalue weighted by molar-refractivity contribution is 7.89. The highest BCUT2D eigenvalue weighted by atomic mass is 32.2. The minimum absolute atomic E-state index is 0.188. The molecule has 0 aliphatic carbocycles. The van der Waals surface area contributed by atoms with Gasteiger partial charge in [-0.2, -0.15) is 5.10 Å². The van der Waals surface area contributed by atoms with Crippen molar-refractivity contribution < 1.29 is 8.42 Å². The Balaban J connectivity index is 1.75. The maximum Gasteiger partial charge on any atom is 0.213 e. The Kier molecular flexibility index (Phi) is 6.10. The average molecular weight is 327 g/mol. The zero-order valence-electron chi connectivity index (χ0n) is 13.3. The van der Waals surface area contributed by atoms with E-state index >= 15 is 0 Å². The van der Waals surface area contributed by atoms with E-state index in [2.05, 4.69) is 20.4 Å². The normalized spacial score (nSPS) is 19.6. The highest BCUT2D eigenvalue weighted by Crippen LogP contribution is 2.16. The maximum atomic E-state index is 11.7. The molecule has 2 heterocycles. The van der Waals surface area contributed by atoms with Crippen LogP contribution in [0.3, 0.4) is 0 Å². The second-order valence-electron chi connectivity index (χ2n) is 5.77. The van der Waals surface area contributed by atoms with Gasteiger partial charge in [-0.1, -0.05) is 0 Å². The summed E-state index contributed by atoms with van der Waals surface area (Å²) in [4.78, 5) is 2.23. The molecule has 0 amide bonds. The highest BCUT2D eigenvalue weighted by Gasteiger charge is 2.21. The molecule has 1 aromatic heterocycles. The molecule has 8 heteroatoms. The first-order valence-corrected chi connectivity index (χ1v) is 9.26. The van der Waals surface area contributed by atoms with E-state index in [4.69, 9.17) is 0 Å². The van der Waals surface area contributed by atoms with E-state index in [-0.39, 0.29) is 5.75 Å². The van der Waals surface area contributed by atoms with E-state index < -0.39 is 10.0 Å². The molecular formula is C14H25N5O2S. The zero-order valence-corrected chi connectivity index (χ0v) is 14.1. The van der Waals surface area contributed by atoms with Crippen molar-refractivity contribution >= 4 is 15.8 Å². The molecule has 1 saturated heterocycles. The minimum atomic E-state index is -3.09. The molecule has 1 N–H and O–H groups in total. The van der Waals surface area contributed by atoms with Crippen LogP contribution in [-0.4, -0.2) is 68.4 Å². The summed E-state index contributed by atoms with van der Waals surface area (Å²) in [6.45, 7) is 2.59. The number of hydrogen-bond donors (Lipinski definition) is 1. The number of rotatable bonds is 7. The van der Waals surface area contributed by atoms with E-state index in [1.165, 1.54) is 4.31 Å². The lowest BCUT2D eigenvalue weighted by atomic mass is 10.1. The second kappa shape index (κ2) is 7.85. The van der Waals surface area contributed by atoms with Crippen LogP contribution >= 0.6 is 0 Å². The zero-order chi connectivity index (χ0) is 16.0. The van der Waals surface area contributed by atoms with Crippen LogP contribution in [0.1, 0.15) is 19.3 Å². The number of nitrogens with one attached hydrogen (secondary N) is 1. The van der Waals surface area contributed by atoms with Crippen molar-refractivity contribution in [1.29, 1.82) is 0 Å². The molecule has 1 aromatic rings. The van der Waals surface area contributed by atoms with Crippen molar-refractivity contribution in [3.05, 3.63) is 18.3 Å². The molecule has 7 nitrogen and oxygen atoms in total. The topological polar surface area (TPSA) is 78.4 Å². The summed E-state index contributed by atoms with van der Waals surface area (Å²) in [5.41, 5.74) is 0. The van der Waals surface area contributed by atoms with Gasteiger partial charge in [-0.05, 0) is 37.9 Å². The molecule has 1 fully saturated rings. The lowest BCUT2D eigenvalue weighted by molar-refractivity contribution is 0.420. The standard InChI is InChI=1S/C14H25N5O2S/c1-18(2)22(20,21)11-5-8-15-13-6-4-10-19(12-13)14-7-3-9-16-17-14/h3,7,9,13,15H,4-6,8,10-12H2,1-2H3. The molecular weight excluding hydrogens is 302 g/mol. The van der Waals surface area contributed by atoms with E-state index in [0.29, 0.717) is 19.0 Å². The van der Waals surface area contributed by atoms with Crippen LogP contribution < -0.4 is 10.2 Å². The maximum absolute atomic E-state index is 11.7. The lowest BCUT2D eigenvalue weighted by Gasteiger charge is -2.33. The van der Waals surface area contributed by atoms with Gasteiger partial charge in [0.2, 0.25) is 10.0 Å². The third kappa shape index (κ3) is 4.89. The van der Waals surface area contributed by atoms with Gasteiger partial charge in [0, 0.05) is 39.4 Å². The Morgan fingerprint density at radius 2 is 2.27 bits per heavy atom. The molecule has 1 unspecified atom stereocenters. The first-order chi connectivity index (χ1) is 10.5. The number of sulfonamides is 1. The van der Waals surface area contributed by atoms with Crippen LogP contribution in [-0.2, 0) is 10.0 Å². The van der Waals surface area contributed by atoms with Gasteiger partial charge in [0.25, 0.3) is 0 Å². The molecule has 0 radical (unpaired) electrons. The summed E-state index contributed by atoms with van der Waals surface area (Å²) in [6, 6.07) is 4.24. The van der Waals surface area contributed by atoms with Crippen molar-refractivity contribution in [2.24, 2.45) is 0 Å². The third-order valence-electron chi connectivity index (χ3n) is 3.87. The predicted octanol–water partition coefficient (Wildman–Crippen LogP) is 0.317. The fourth-order valence-corrected chi connectivity index (χ4v) is 3.43. The molecule has 0 spiro atoms. The van der Waals surface area contributed by atoms with Gasteiger partial charge in [0.05, 0.1) is 5.75 Å². The van der Waals surface area contributed by atoms with E-state index in [1.54, 1.807) is 20.3 Å². The predicted molar refractivity (Wildman–Crippen MR) is 87.4 cm³/mol. The first-order valence-electron chi connectivity index (χ1n) is 7.65. The molecule has 0 saturated carbocycles. The summed E-state index contributed by atoms with van der Waals surface area (Å²) in [5.74, 6) is 1.09. The smallest absolute Gasteiger partial charge is 0.213 e. The van der Waals surface area contributed by atoms with Crippen LogP contribution in [0.25, 0.3) is 0 Å². The Labute approximate surface area is 132 Å². The van der Waals surface area contributed by atoms with Crippen molar-refractivity contribution in [1.82, 2.24) is 19.8 Å². The Morgan fingerprint density at radius 1 is 1.45 bits per heavy atom. The van der Waals surface area contributed by atoms with Crippen LogP contribution in [0.4, 0.5) is 5.82 Å². The fraction of sp³-hybridized carbons (Fsp3) is 0.714. The molecule has 124 valence electrons. The molecule has 0 bridgehead atoms. The van der Waals surface area contributed by atoms with Crippen LogP contribution in [0.15, 0.2) is 18.3 Å². The van der Waals surface area contributed by atoms with Gasteiger partial charge in [0.1, 0.15) is 0 Å². The lowest BCUT2D eigenvalue weighted by Crippen LogP contribution is -2.46. The van der Waals surface area contributed by atoms with Gasteiger partial charge in [0.15, 0.2) is 5.82 Å². The Morgan fingerprint density at radius 3 is 2.95 bits per heavy atom. The van der Waals surface area contributed by atoms with Crippen LogP contribution in [0.2, 0.25) is 0 Å². The van der Waals surface area contributed by atoms with Crippen molar-refractivity contribution in [3.63, 3.8) is 0 Å². The molecule has 1 atom stereocenters.